The first-order valence-corrected chi connectivity index (χ1v) is 12.2. The summed E-state index contributed by atoms with van der Waals surface area (Å²) in [6.45, 7) is -0.240. The maximum atomic E-state index is 12.9. The van der Waals surface area contributed by atoms with Crippen molar-refractivity contribution >= 4 is 26.5 Å². The van der Waals surface area contributed by atoms with Crippen molar-refractivity contribution in [2.75, 3.05) is 12.9 Å². The molecule has 0 fully saturated rings. The topological polar surface area (TPSA) is 106 Å². The van der Waals surface area contributed by atoms with E-state index in [2.05, 4.69) is 4.98 Å². The summed E-state index contributed by atoms with van der Waals surface area (Å²) in [6, 6.07) is 19.1. The minimum absolute atomic E-state index is 0.260. The first kappa shape index (κ1) is 22.6. The first-order valence-electron chi connectivity index (χ1n) is 10.3. The number of rotatable bonds is 7. The van der Waals surface area contributed by atoms with E-state index in [4.69, 9.17) is 5.11 Å². The number of hydrogen-bond donors (Lipinski definition) is 1. The van der Waals surface area contributed by atoms with Crippen molar-refractivity contribution in [3.8, 4) is 11.1 Å². The molecular weight excluding hydrogens is 440 g/mol. The van der Waals surface area contributed by atoms with Crippen LogP contribution < -0.4 is 5.56 Å². The number of aliphatic hydroxyl groups is 1. The highest BCUT2D eigenvalue weighted by Gasteiger charge is 2.11. The maximum Gasteiger partial charge on any atom is 0.261 e. The molecular formula is C25H22N2O5S. The van der Waals surface area contributed by atoms with Gasteiger partial charge in [-0.2, -0.15) is 0 Å². The molecule has 0 aliphatic heterocycles. The van der Waals surface area contributed by atoms with Gasteiger partial charge in [0.25, 0.3) is 5.56 Å². The Kier molecular flexibility index (Phi) is 6.22. The fourth-order valence-electron chi connectivity index (χ4n) is 3.65. The van der Waals surface area contributed by atoms with E-state index >= 15 is 0 Å². The second-order valence-corrected chi connectivity index (χ2v) is 9.82. The van der Waals surface area contributed by atoms with Gasteiger partial charge in [0.1, 0.15) is 6.61 Å². The van der Waals surface area contributed by atoms with Crippen LogP contribution in [0.1, 0.15) is 15.9 Å². The van der Waals surface area contributed by atoms with Gasteiger partial charge in [0.05, 0.1) is 22.1 Å². The molecule has 168 valence electrons. The van der Waals surface area contributed by atoms with Crippen LogP contribution in [0.2, 0.25) is 0 Å². The van der Waals surface area contributed by atoms with Gasteiger partial charge in [-0.25, -0.2) is 13.4 Å². The maximum absolute atomic E-state index is 12.9. The third-order valence-corrected chi connectivity index (χ3v) is 6.56. The Hall–Kier alpha value is -3.62. The lowest BCUT2D eigenvalue weighted by Crippen LogP contribution is -2.22. The Morgan fingerprint density at radius 1 is 1.00 bits per heavy atom. The van der Waals surface area contributed by atoms with E-state index in [0.717, 1.165) is 16.7 Å². The molecule has 0 saturated carbocycles. The van der Waals surface area contributed by atoms with Crippen LogP contribution in [-0.2, 0) is 22.8 Å². The second-order valence-electron chi connectivity index (χ2n) is 7.81. The predicted molar refractivity (Wildman–Crippen MR) is 126 cm³/mol. The number of Topliss-reactive ketones (excluding diaryl/α,β-unsaturated/α-hetero) is 1. The van der Waals surface area contributed by atoms with Gasteiger partial charge in [-0.15, -0.1) is 0 Å². The summed E-state index contributed by atoms with van der Waals surface area (Å²) in [5, 5.41) is 9.40. The van der Waals surface area contributed by atoms with Crippen molar-refractivity contribution in [2.24, 2.45) is 0 Å². The van der Waals surface area contributed by atoms with E-state index in [1.807, 2.05) is 30.3 Å². The zero-order valence-corrected chi connectivity index (χ0v) is 18.7. The van der Waals surface area contributed by atoms with Crippen molar-refractivity contribution < 1.29 is 18.3 Å². The number of nitrogens with zero attached hydrogens (tertiary/aromatic N) is 2. The van der Waals surface area contributed by atoms with Gasteiger partial charge >= 0.3 is 0 Å². The van der Waals surface area contributed by atoms with E-state index in [0.29, 0.717) is 23.9 Å². The largest absolute Gasteiger partial charge is 0.388 e. The zero-order chi connectivity index (χ0) is 23.6. The zero-order valence-electron chi connectivity index (χ0n) is 17.9. The average Bonchev–Trinajstić information content (AvgIpc) is 2.83. The molecule has 3 aromatic carbocycles. The minimum Gasteiger partial charge on any atom is -0.388 e. The Morgan fingerprint density at radius 2 is 1.73 bits per heavy atom. The summed E-state index contributed by atoms with van der Waals surface area (Å²) >= 11 is 0. The highest BCUT2D eigenvalue weighted by atomic mass is 32.2. The Balaban J connectivity index is 1.60. The van der Waals surface area contributed by atoms with Crippen LogP contribution >= 0.6 is 0 Å². The summed E-state index contributed by atoms with van der Waals surface area (Å²) in [6.07, 6.45) is 3.22. The van der Waals surface area contributed by atoms with Gasteiger partial charge in [-0.05, 0) is 53.4 Å². The van der Waals surface area contributed by atoms with Crippen LogP contribution in [0.5, 0.6) is 0 Å². The van der Waals surface area contributed by atoms with Gasteiger partial charge in [0, 0.05) is 18.4 Å². The van der Waals surface area contributed by atoms with Crippen molar-refractivity contribution in [1.29, 1.82) is 0 Å². The number of benzene rings is 3. The molecule has 0 saturated heterocycles. The fraction of sp³-hybridized carbons (Fsp3) is 0.160. The standard InChI is InChI=1S/C25H22N2O5S/c1-33(31,32)21-7-3-6-19(13-21)18-5-2-4-17(12-18)10-11-27-16-26-23-9-8-20(24(29)15-28)14-22(23)25(27)30/h2-9,12-14,16,28H,10-11,15H2,1H3. The summed E-state index contributed by atoms with van der Waals surface area (Å²) in [5.41, 5.74) is 3.15. The SMILES string of the molecule is CS(=O)(=O)c1cccc(-c2cccc(CCn3cnc4ccc(C(=O)CO)cc4c3=O)c2)c1. The van der Waals surface area contributed by atoms with Crippen molar-refractivity contribution in [1.82, 2.24) is 9.55 Å². The lowest BCUT2D eigenvalue weighted by atomic mass is 10.0. The molecule has 4 rings (SSSR count). The molecule has 0 aliphatic carbocycles. The highest BCUT2D eigenvalue weighted by molar-refractivity contribution is 7.90. The summed E-state index contributed by atoms with van der Waals surface area (Å²) in [5.74, 6) is -0.455. The third kappa shape index (κ3) is 4.92. The first-order chi connectivity index (χ1) is 15.8. The molecule has 4 aromatic rings. The number of sulfone groups is 1. The van der Waals surface area contributed by atoms with Gasteiger partial charge in [0.2, 0.25) is 0 Å². The smallest absolute Gasteiger partial charge is 0.261 e. The molecule has 1 heterocycles. The number of aliphatic hydroxyl groups excluding tert-OH is 1. The van der Waals surface area contributed by atoms with E-state index in [1.165, 1.54) is 23.2 Å². The normalized spacial score (nSPS) is 11.6. The molecule has 33 heavy (non-hydrogen) atoms. The van der Waals surface area contributed by atoms with Gasteiger partial charge < -0.3 is 5.11 Å². The number of carbonyl (C=O) groups is 1. The van der Waals surface area contributed by atoms with Gasteiger partial charge in [-0.3, -0.25) is 14.2 Å². The van der Waals surface area contributed by atoms with Crippen LogP contribution in [0.15, 0.2) is 82.7 Å². The quantitative estimate of drug-likeness (QED) is 0.423. The molecule has 0 amide bonds. The molecule has 0 unspecified atom stereocenters. The monoisotopic (exact) mass is 462 g/mol. The Bertz CT molecular complexity index is 1520. The summed E-state index contributed by atoms with van der Waals surface area (Å²) in [4.78, 5) is 29.3. The minimum atomic E-state index is -3.30. The Labute approximate surface area is 190 Å². The van der Waals surface area contributed by atoms with Gasteiger partial charge in [-0.1, -0.05) is 36.4 Å². The van der Waals surface area contributed by atoms with Crippen LogP contribution in [0, 0.1) is 0 Å². The molecule has 0 atom stereocenters. The number of hydrogen-bond acceptors (Lipinski definition) is 6. The third-order valence-electron chi connectivity index (χ3n) is 5.45. The summed E-state index contributed by atoms with van der Waals surface area (Å²) < 4.78 is 25.2. The molecule has 1 N–H and O–H groups in total. The molecule has 0 aliphatic rings. The molecule has 8 heteroatoms. The number of fused-ring (bicyclic) bond motifs is 1. The highest BCUT2D eigenvalue weighted by Crippen LogP contribution is 2.24. The van der Waals surface area contributed by atoms with E-state index in [9.17, 15) is 18.0 Å². The molecule has 0 spiro atoms. The molecule has 7 nitrogen and oxygen atoms in total. The van der Waals surface area contributed by atoms with E-state index in [1.54, 1.807) is 30.3 Å². The van der Waals surface area contributed by atoms with Crippen LogP contribution in [0.3, 0.4) is 0 Å². The van der Waals surface area contributed by atoms with Crippen LogP contribution in [0.25, 0.3) is 22.0 Å². The molecule has 0 bridgehead atoms. The number of aryl methyl sites for hydroxylation is 2. The van der Waals surface area contributed by atoms with Crippen LogP contribution in [0.4, 0.5) is 0 Å². The second kappa shape index (κ2) is 9.09. The van der Waals surface area contributed by atoms with E-state index < -0.39 is 22.2 Å². The number of carbonyl (C=O) groups excluding carboxylic acids is 1. The van der Waals surface area contributed by atoms with Crippen molar-refractivity contribution in [3.05, 3.63) is 94.5 Å². The van der Waals surface area contributed by atoms with Crippen molar-refractivity contribution in [3.63, 3.8) is 0 Å². The lowest BCUT2D eigenvalue weighted by Gasteiger charge is -2.09. The average molecular weight is 463 g/mol. The van der Waals surface area contributed by atoms with Crippen LogP contribution in [-0.4, -0.2) is 41.7 Å². The lowest BCUT2D eigenvalue weighted by molar-refractivity contribution is 0.0904. The Morgan fingerprint density at radius 3 is 2.45 bits per heavy atom. The predicted octanol–water partition coefficient (Wildman–Crippen LogP) is 2.88. The molecule has 0 radical (unpaired) electrons. The number of aromatic nitrogens is 2. The van der Waals surface area contributed by atoms with E-state index in [-0.39, 0.29) is 16.0 Å². The number of ketones is 1. The fourth-order valence-corrected chi connectivity index (χ4v) is 4.31. The van der Waals surface area contributed by atoms with Gasteiger partial charge in [0.15, 0.2) is 15.6 Å². The summed E-state index contributed by atoms with van der Waals surface area (Å²) in [7, 11) is -3.30. The molecule has 1 aromatic heterocycles. The van der Waals surface area contributed by atoms with Crippen molar-refractivity contribution in [2.45, 2.75) is 17.9 Å².